The van der Waals surface area contributed by atoms with E-state index in [-0.39, 0.29) is 17.9 Å². The van der Waals surface area contributed by atoms with E-state index < -0.39 is 64.7 Å². The maximum absolute atomic E-state index is 13.4. The van der Waals surface area contributed by atoms with Crippen molar-refractivity contribution in [2.75, 3.05) is 0 Å². The van der Waals surface area contributed by atoms with Crippen LogP contribution in [0.3, 0.4) is 0 Å². The average molecular weight is 642 g/mol. The molecule has 252 valence electrons. The maximum atomic E-state index is 13.4. The third-order valence-electron chi connectivity index (χ3n) is 6.32. The van der Waals surface area contributed by atoms with E-state index in [1.807, 2.05) is 0 Å². The van der Waals surface area contributed by atoms with Crippen LogP contribution in [0.25, 0.3) is 0 Å². The molecular weight excluding hydrogens is 594 g/mol. The van der Waals surface area contributed by atoms with Gasteiger partial charge in [-0.3, -0.25) is 9.59 Å². The van der Waals surface area contributed by atoms with Gasteiger partial charge >= 0.3 is 30.0 Å². The summed E-state index contributed by atoms with van der Waals surface area (Å²) in [7, 11) is 0. The molecule has 0 spiro atoms. The van der Waals surface area contributed by atoms with Gasteiger partial charge in [0.05, 0.1) is 16.4 Å². The van der Waals surface area contributed by atoms with Crippen LogP contribution in [-0.2, 0) is 35.0 Å². The van der Waals surface area contributed by atoms with Crippen molar-refractivity contribution < 1.29 is 47.7 Å². The van der Waals surface area contributed by atoms with Crippen LogP contribution in [0.5, 0.6) is 11.5 Å². The molecule has 0 unspecified atom stereocenters. The van der Waals surface area contributed by atoms with Crippen LogP contribution in [0.1, 0.15) is 92.1 Å². The summed E-state index contributed by atoms with van der Waals surface area (Å²) in [5.74, 6) is -2.54. The van der Waals surface area contributed by atoms with Crippen molar-refractivity contribution in [3.8, 4) is 11.5 Å². The number of hydrogen-bond acceptors (Lipinski definition) is 10. The lowest BCUT2D eigenvalue weighted by Gasteiger charge is -2.26. The number of esters is 4. The molecule has 1 amide bonds. The molecule has 0 saturated carbocycles. The number of nitrogens with one attached hydrogen (secondary N) is 1. The van der Waals surface area contributed by atoms with Gasteiger partial charge in [0.15, 0.2) is 11.5 Å². The Balaban J connectivity index is 2.36. The van der Waals surface area contributed by atoms with Gasteiger partial charge in [-0.15, -0.1) is 0 Å². The Morgan fingerprint density at radius 3 is 1.74 bits per heavy atom. The third-order valence-corrected chi connectivity index (χ3v) is 6.32. The van der Waals surface area contributed by atoms with E-state index in [4.69, 9.17) is 23.7 Å². The molecule has 0 aliphatic carbocycles. The van der Waals surface area contributed by atoms with Crippen LogP contribution in [0, 0.1) is 10.8 Å². The summed E-state index contributed by atoms with van der Waals surface area (Å²) in [6, 6.07) is 11.6. The van der Waals surface area contributed by atoms with E-state index in [2.05, 4.69) is 5.32 Å². The fraction of sp³-hybridized carbons (Fsp3) is 0.514. The van der Waals surface area contributed by atoms with E-state index in [9.17, 15) is 24.0 Å². The largest absolute Gasteiger partial charge is 0.457 e. The lowest BCUT2D eigenvalue weighted by Crippen LogP contribution is -2.47. The van der Waals surface area contributed by atoms with Crippen molar-refractivity contribution in [1.82, 2.24) is 5.32 Å². The average Bonchev–Trinajstić information content (AvgIpc) is 2.92. The molecule has 0 radical (unpaired) electrons. The summed E-state index contributed by atoms with van der Waals surface area (Å²) < 4.78 is 27.6. The standard InChI is InChI=1S/C35H47NO10/c1-21(42-28(37)24-15-13-12-14-16-24)22(2)43-29(38)25(36-32(41)46-35(9,10)11)19-23-17-18-26(44-30(39)33(3,4)5)27(20-23)45-31(40)34(6,7)8/h12-18,20-22,25H,19H2,1-11H3,(H,36,41)/t21-,22-,25+/m1/s1. The fourth-order valence-electron chi connectivity index (χ4n) is 3.50. The summed E-state index contributed by atoms with van der Waals surface area (Å²) >= 11 is 0. The second-order valence-corrected chi connectivity index (χ2v) is 14.1. The number of rotatable bonds is 10. The van der Waals surface area contributed by atoms with Crippen molar-refractivity contribution in [3.05, 3.63) is 59.7 Å². The number of benzene rings is 2. The predicted octanol–water partition coefficient (Wildman–Crippen LogP) is 6.20. The van der Waals surface area contributed by atoms with Crippen LogP contribution in [0.2, 0.25) is 0 Å². The van der Waals surface area contributed by atoms with Gasteiger partial charge in [0.2, 0.25) is 0 Å². The molecule has 46 heavy (non-hydrogen) atoms. The first-order chi connectivity index (χ1) is 21.1. The van der Waals surface area contributed by atoms with Gasteiger partial charge in [0.1, 0.15) is 23.9 Å². The molecule has 3 atom stereocenters. The summed E-state index contributed by atoms with van der Waals surface area (Å²) in [6.07, 6.45) is -2.68. The molecule has 0 fully saturated rings. The molecule has 0 heterocycles. The number of hydrogen-bond donors (Lipinski definition) is 1. The molecule has 0 aromatic heterocycles. The van der Waals surface area contributed by atoms with Gasteiger partial charge in [-0.1, -0.05) is 24.3 Å². The van der Waals surface area contributed by atoms with E-state index >= 15 is 0 Å². The van der Waals surface area contributed by atoms with Gasteiger partial charge in [-0.2, -0.15) is 0 Å². The zero-order valence-corrected chi connectivity index (χ0v) is 28.6. The Morgan fingerprint density at radius 1 is 0.696 bits per heavy atom. The number of ether oxygens (including phenoxy) is 5. The van der Waals surface area contributed by atoms with Crippen LogP contribution >= 0.6 is 0 Å². The van der Waals surface area contributed by atoms with Gasteiger partial charge < -0.3 is 29.0 Å². The van der Waals surface area contributed by atoms with Crippen molar-refractivity contribution in [3.63, 3.8) is 0 Å². The molecule has 2 aromatic rings. The highest BCUT2D eigenvalue weighted by molar-refractivity contribution is 5.89. The SMILES string of the molecule is C[C@@H](OC(=O)c1ccccc1)[C@@H](C)OC(=O)[C@H](Cc1ccc(OC(=O)C(C)(C)C)c(OC(=O)C(C)(C)C)c1)NC(=O)OC(C)(C)C. The second-order valence-electron chi connectivity index (χ2n) is 14.1. The molecule has 2 rings (SSSR count). The van der Waals surface area contributed by atoms with Crippen LogP contribution in [0.15, 0.2) is 48.5 Å². The topological polar surface area (TPSA) is 144 Å². The lowest BCUT2D eigenvalue weighted by atomic mass is 9.97. The Labute approximate surface area is 271 Å². The second kappa shape index (κ2) is 15.2. The number of alkyl carbamates (subject to hydrolysis) is 1. The zero-order valence-electron chi connectivity index (χ0n) is 28.6. The highest BCUT2D eigenvalue weighted by Gasteiger charge is 2.32. The molecule has 11 nitrogen and oxygen atoms in total. The minimum Gasteiger partial charge on any atom is -0.457 e. The Morgan fingerprint density at radius 2 is 1.22 bits per heavy atom. The van der Waals surface area contributed by atoms with E-state index in [0.717, 1.165) is 0 Å². The quantitative estimate of drug-likeness (QED) is 0.181. The number of carbonyl (C=O) groups excluding carboxylic acids is 5. The first kappa shape index (κ1) is 37.8. The Bertz CT molecular complexity index is 1400. The Hall–Kier alpha value is -4.41. The van der Waals surface area contributed by atoms with Gasteiger partial charge in [-0.25, -0.2) is 14.4 Å². The van der Waals surface area contributed by atoms with Gasteiger partial charge in [-0.05, 0) is 106 Å². The number of carbonyl (C=O) groups is 5. The van der Waals surface area contributed by atoms with E-state index in [0.29, 0.717) is 11.1 Å². The third kappa shape index (κ3) is 12.2. The molecule has 0 aliphatic heterocycles. The van der Waals surface area contributed by atoms with Gasteiger partial charge in [0.25, 0.3) is 0 Å². The normalized spacial score (nSPS) is 13.8. The molecule has 11 heteroatoms. The van der Waals surface area contributed by atoms with Crippen molar-refractivity contribution >= 4 is 30.0 Å². The summed E-state index contributed by atoms with van der Waals surface area (Å²) in [5.41, 5.74) is -1.76. The van der Waals surface area contributed by atoms with Crippen molar-refractivity contribution in [2.24, 2.45) is 10.8 Å². The molecule has 0 aliphatic rings. The van der Waals surface area contributed by atoms with Gasteiger partial charge in [0, 0.05) is 6.42 Å². The summed E-state index contributed by atoms with van der Waals surface area (Å²) in [6.45, 7) is 18.3. The summed E-state index contributed by atoms with van der Waals surface area (Å²) in [5, 5.41) is 2.55. The highest BCUT2D eigenvalue weighted by Crippen LogP contribution is 2.33. The van der Waals surface area contributed by atoms with E-state index in [1.165, 1.54) is 12.1 Å². The molecule has 0 saturated heterocycles. The summed E-state index contributed by atoms with van der Waals surface area (Å²) in [4.78, 5) is 64.1. The minimum absolute atomic E-state index is 0.0168. The van der Waals surface area contributed by atoms with Crippen LogP contribution in [0.4, 0.5) is 4.79 Å². The first-order valence-corrected chi connectivity index (χ1v) is 15.1. The predicted molar refractivity (Wildman–Crippen MR) is 170 cm³/mol. The maximum Gasteiger partial charge on any atom is 0.408 e. The molecule has 1 N–H and O–H groups in total. The molecular formula is C35H47NO10. The van der Waals surface area contributed by atoms with E-state index in [1.54, 1.807) is 113 Å². The van der Waals surface area contributed by atoms with Crippen molar-refractivity contribution in [1.29, 1.82) is 0 Å². The number of amides is 1. The molecule has 0 bridgehead atoms. The Kier molecular flexibility index (Phi) is 12.5. The van der Waals surface area contributed by atoms with Crippen LogP contribution < -0.4 is 14.8 Å². The van der Waals surface area contributed by atoms with Crippen molar-refractivity contribution in [2.45, 2.75) is 106 Å². The monoisotopic (exact) mass is 641 g/mol. The lowest BCUT2D eigenvalue weighted by molar-refractivity contribution is -0.156. The minimum atomic E-state index is -1.26. The highest BCUT2D eigenvalue weighted by atomic mass is 16.6. The van der Waals surface area contributed by atoms with Crippen LogP contribution in [-0.4, -0.2) is 53.8 Å². The first-order valence-electron chi connectivity index (χ1n) is 15.1. The smallest absolute Gasteiger partial charge is 0.408 e. The molecule has 2 aromatic carbocycles. The zero-order chi connectivity index (χ0) is 35.0. The fourth-order valence-corrected chi connectivity index (χ4v) is 3.50.